The Hall–Kier alpha value is -1.83. The molecule has 0 saturated heterocycles. The molecule has 4 aromatic rings. The molecule has 0 radical (unpaired) electrons. The summed E-state index contributed by atoms with van der Waals surface area (Å²) in [5.41, 5.74) is 1.41. The van der Waals surface area contributed by atoms with E-state index < -0.39 is 13.6 Å². The van der Waals surface area contributed by atoms with Crippen LogP contribution in [0.15, 0.2) is 121 Å². The van der Waals surface area contributed by atoms with Crippen LogP contribution >= 0.6 is 0 Å². The zero-order valence-corrected chi connectivity index (χ0v) is 19.1. The number of rotatable bonds is 5. The van der Waals surface area contributed by atoms with Gasteiger partial charge in [-0.2, -0.15) is 0 Å². The summed E-state index contributed by atoms with van der Waals surface area (Å²) in [6, 6.07) is 44.4. The molecule has 0 aliphatic heterocycles. The van der Waals surface area contributed by atoms with Crippen molar-refractivity contribution in [2.45, 2.75) is 5.21 Å². The molecule has 2 heteroatoms. The quantitative estimate of drug-likeness (QED) is 0.270. The van der Waals surface area contributed by atoms with Crippen molar-refractivity contribution in [3.05, 3.63) is 127 Å². The molecular formula is C25H22AsI. The SMILES string of the molecule is [I-].c1ccc(C[As+](c2ccccc2)(c2ccccc2)c2ccccc2)cc1. The molecule has 0 amide bonds. The molecule has 0 heterocycles. The van der Waals surface area contributed by atoms with Gasteiger partial charge in [0.15, 0.2) is 0 Å². The van der Waals surface area contributed by atoms with Crippen LogP contribution in [0.2, 0.25) is 0 Å². The summed E-state index contributed by atoms with van der Waals surface area (Å²) in [6.45, 7) is 0. The molecule has 0 unspecified atom stereocenters. The van der Waals surface area contributed by atoms with Gasteiger partial charge in [-0.25, -0.2) is 0 Å². The second kappa shape index (κ2) is 9.39. The fourth-order valence-electron chi connectivity index (χ4n) is 3.63. The molecule has 0 bridgehead atoms. The third-order valence-electron chi connectivity index (χ3n) is 4.85. The second-order valence-electron chi connectivity index (χ2n) is 6.46. The molecule has 134 valence electrons. The average Bonchev–Trinajstić information content (AvgIpc) is 2.75. The second-order valence-corrected chi connectivity index (χ2v) is 13.8. The fraction of sp³-hybridized carbons (Fsp3) is 0.0400. The summed E-state index contributed by atoms with van der Waals surface area (Å²) in [7, 11) is 0. The van der Waals surface area contributed by atoms with Gasteiger partial charge in [-0.15, -0.1) is 0 Å². The summed E-state index contributed by atoms with van der Waals surface area (Å²) in [4.78, 5) is 0. The maximum atomic E-state index is 2.33. The Bertz CT molecular complexity index is 842. The van der Waals surface area contributed by atoms with Crippen molar-refractivity contribution < 1.29 is 24.0 Å². The van der Waals surface area contributed by atoms with Crippen molar-refractivity contribution in [1.82, 2.24) is 0 Å². The van der Waals surface area contributed by atoms with E-state index in [9.17, 15) is 0 Å². The van der Waals surface area contributed by atoms with Crippen LogP contribution in [0.4, 0.5) is 0 Å². The molecule has 0 N–H and O–H groups in total. The first kappa shape index (κ1) is 19.9. The van der Waals surface area contributed by atoms with Crippen molar-refractivity contribution in [2.75, 3.05) is 0 Å². The van der Waals surface area contributed by atoms with Crippen LogP contribution in [0, 0.1) is 0 Å². The van der Waals surface area contributed by atoms with E-state index in [1.54, 1.807) is 0 Å². The topological polar surface area (TPSA) is 0 Å². The number of hydrogen-bond donors (Lipinski definition) is 0. The Kier molecular flexibility index (Phi) is 6.93. The molecule has 0 atom stereocenters. The van der Waals surface area contributed by atoms with Gasteiger partial charge in [-0.3, -0.25) is 0 Å². The summed E-state index contributed by atoms with van der Waals surface area (Å²) < 4.78 is 4.48. The van der Waals surface area contributed by atoms with Crippen molar-refractivity contribution in [2.24, 2.45) is 0 Å². The zero-order valence-electron chi connectivity index (χ0n) is 15.1. The molecule has 0 aromatic heterocycles. The van der Waals surface area contributed by atoms with Crippen LogP contribution in [0.25, 0.3) is 0 Å². The van der Waals surface area contributed by atoms with Gasteiger partial charge in [0.25, 0.3) is 0 Å². The molecule has 0 nitrogen and oxygen atoms in total. The first-order chi connectivity index (χ1) is 12.9. The summed E-state index contributed by atoms with van der Waals surface area (Å²) >= 11 is -2.63. The van der Waals surface area contributed by atoms with Crippen LogP contribution in [0.1, 0.15) is 5.56 Å². The predicted octanol–water partition coefficient (Wildman–Crippen LogP) is 0.943. The molecule has 27 heavy (non-hydrogen) atoms. The Morgan fingerprint density at radius 2 is 0.704 bits per heavy atom. The van der Waals surface area contributed by atoms with Gasteiger partial charge in [0.05, 0.1) is 0 Å². The predicted molar refractivity (Wildman–Crippen MR) is 114 cm³/mol. The van der Waals surface area contributed by atoms with E-state index in [1.165, 1.54) is 18.6 Å². The van der Waals surface area contributed by atoms with E-state index >= 15 is 0 Å². The fourth-order valence-corrected chi connectivity index (χ4v) is 12.5. The van der Waals surface area contributed by atoms with Gasteiger partial charge < -0.3 is 24.0 Å². The Balaban J connectivity index is 0.00000210. The molecule has 0 aliphatic carbocycles. The molecular weight excluding hydrogens is 502 g/mol. The van der Waals surface area contributed by atoms with Crippen LogP contribution in [0.3, 0.4) is 0 Å². The van der Waals surface area contributed by atoms with Crippen molar-refractivity contribution >= 4 is 26.6 Å². The summed E-state index contributed by atoms with van der Waals surface area (Å²) in [6.07, 6.45) is 0. The monoisotopic (exact) mass is 524 g/mol. The zero-order chi connectivity index (χ0) is 17.7. The Morgan fingerprint density at radius 1 is 0.407 bits per heavy atom. The Labute approximate surface area is 181 Å². The summed E-state index contributed by atoms with van der Waals surface area (Å²) in [5, 5.41) is 1.09. The van der Waals surface area contributed by atoms with Crippen LogP contribution < -0.4 is 37.0 Å². The van der Waals surface area contributed by atoms with Gasteiger partial charge in [-0.05, 0) is 0 Å². The molecule has 4 aromatic carbocycles. The van der Waals surface area contributed by atoms with E-state index in [2.05, 4.69) is 121 Å². The van der Waals surface area contributed by atoms with E-state index in [-0.39, 0.29) is 24.0 Å². The van der Waals surface area contributed by atoms with Gasteiger partial charge in [-0.1, -0.05) is 0 Å². The minimum absolute atomic E-state index is 0. The van der Waals surface area contributed by atoms with Gasteiger partial charge in [0, 0.05) is 0 Å². The van der Waals surface area contributed by atoms with Crippen LogP contribution in [0.5, 0.6) is 0 Å². The van der Waals surface area contributed by atoms with E-state index in [4.69, 9.17) is 0 Å². The van der Waals surface area contributed by atoms with E-state index in [1.807, 2.05) is 0 Å². The minimum atomic E-state index is -2.63. The van der Waals surface area contributed by atoms with Gasteiger partial charge >= 0.3 is 159 Å². The third kappa shape index (κ3) is 4.20. The molecule has 0 aliphatic rings. The van der Waals surface area contributed by atoms with Crippen molar-refractivity contribution in [3.63, 3.8) is 0 Å². The molecule has 0 spiro atoms. The van der Waals surface area contributed by atoms with Gasteiger partial charge in [0.1, 0.15) is 0 Å². The first-order valence-corrected chi connectivity index (χ1v) is 13.1. The molecule has 0 saturated carbocycles. The van der Waals surface area contributed by atoms with E-state index in [0.29, 0.717) is 0 Å². The van der Waals surface area contributed by atoms with Crippen molar-refractivity contribution in [1.29, 1.82) is 0 Å². The van der Waals surface area contributed by atoms with Crippen LogP contribution in [-0.4, -0.2) is 13.6 Å². The Morgan fingerprint density at radius 3 is 1.04 bits per heavy atom. The van der Waals surface area contributed by atoms with Gasteiger partial charge in [0.2, 0.25) is 0 Å². The molecule has 0 fully saturated rings. The number of hydrogen-bond acceptors (Lipinski definition) is 0. The van der Waals surface area contributed by atoms with Crippen molar-refractivity contribution in [3.8, 4) is 0 Å². The average molecular weight is 524 g/mol. The standard InChI is InChI=1S/C25H22As.HI/c1-5-13-22(14-6-1)21-26(23-15-7-2-8-16-23,24-17-9-3-10-18-24)25-19-11-4-12-20-25;/h1-20H,21H2;1H/q+1;/p-1. The van der Waals surface area contributed by atoms with E-state index in [0.717, 1.165) is 5.21 Å². The molecule has 4 rings (SSSR count). The number of benzene rings is 4. The third-order valence-corrected chi connectivity index (χ3v) is 14.0. The van der Waals surface area contributed by atoms with Crippen LogP contribution in [-0.2, 0) is 5.21 Å². The first-order valence-electron chi connectivity index (χ1n) is 8.98. The summed E-state index contributed by atoms with van der Waals surface area (Å²) in [5.74, 6) is 0. The normalized spacial score (nSPS) is 10.8. The maximum absolute atomic E-state index is 2.63. The number of halogens is 1.